The number of nitrogens with zero attached hydrogens (tertiary/aromatic N) is 2. The summed E-state index contributed by atoms with van der Waals surface area (Å²) in [6.07, 6.45) is 2.97. The van der Waals surface area contributed by atoms with Crippen LogP contribution in [0.5, 0.6) is 0 Å². The van der Waals surface area contributed by atoms with E-state index in [1.807, 2.05) is 0 Å². The summed E-state index contributed by atoms with van der Waals surface area (Å²) in [5.74, 6) is -0.254. The van der Waals surface area contributed by atoms with E-state index in [9.17, 15) is 4.39 Å². The standard InChI is InChI=1S/C11H16FN3/c1-9-5-13-2-3-15(9)8-10-4-11(12)7-14-6-10/h4,6-7,9,13H,2-3,5,8H2,1H3. The lowest BCUT2D eigenvalue weighted by Crippen LogP contribution is -2.49. The Morgan fingerprint density at radius 1 is 1.60 bits per heavy atom. The van der Waals surface area contributed by atoms with E-state index in [0.29, 0.717) is 6.04 Å². The van der Waals surface area contributed by atoms with Crippen LogP contribution in [0.2, 0.25) is 0 Å². The van der Waals surface area contributed by atoms with Gasteiger partial charge >= 0.3 is 0 Å². The van der Waals surface area contributed by atoms with Gasteiger partial charge in [0.15, 0.2) is 0 Å². The topological polar surface area (TPSA) is 28.2 Å². The van der Waals surface area contributed by atoms with Gasteiger partial charge in [-0.2, -0.15) is 0 Å². The van der Waals surface area contributed by atoms with Crippen molar-refractivity contribution in [2.75, 3.05) is 19.6 Å². The van der Waals surface area contributed by atoms with Gasteiger partial charge in [-0.05, 0) is 18.6 Å². The Morgan fingerprint density at radius 2 is 2.47 bits per heavy atom. The average molecular weight is 209 g/mol. The Balaban J connectivity index is 2.01. The summed E-state index contributed by atoms with van der Waals surface area (Å²) < 4.78 is 12.9. The van der Waals surface area contributed by atoms with Gasteiger partial charge < -0.3 is 5.32 Å². The van der Waals surface area contributed by atoms with Crippen molar-refractivity contribution in [3.8, 4) is 0 Å². The zero-order valence-electron chi connectivity index (χ0n) is 8.91. The highest BCUT2D eigenvalue weighted by Gasteiger charge is 2.17. The number of rotatable bonds is 2. The highest BCUT2D eigenvalue weighted by atomic mass is 19.1. The van der Waals surface area contributed by atoms with Gasteiger partial charge in [0.05, 0.1) is 6.20 Å². The van der Waals surface area contributed by atoms with Crippen LogP contribution in [-0.2, 0) is 6.54 Å². The van der Waals surface area contributed by atoms with E-state index in [-0.39, 0.29) is 5.82 Å². The van der Waals surface area contributed by atoms with Gasteiger partial charge in [0.2, 0.25) is 0 Å². The van der Waals surface area contributed by atoms with Crippen LogP contribution in [0.3, 0.4) is 0 Å². The molecule has 1 aliphatic heterocycles. The van der Waals surface area contributed by atoms with Crippen molar-refractivity contribution in [1.29, 1.82) is 0 Å². The molecule has 1 aliphatic rings. The van der Waals surface area contributed by atoms with Crippen molar-refractivity contribution in [1.82, 2.24) is 15.2 Å². The van der Waals surface area contributed by atoms with E-state index in [1.54, 1.807) is 12.3 Å². The molecule has 1 aromatic rings. The summed E-state index contributed by atoms with van der Waals surface area (Å²) in [6, 6.07) is 2.06. The van der Waals surface area contributed by atoms with Crippen molar-refractivity contribution in [2.24, 2.45) is 0 Å². The third-order valence-electron chi connectivity index (χ3n) is 2.79. The molecule has 2 heterocycles. The molecule has 0 saturated carbocycles. The smallest absolute Gasteiger partial charge is 0.141 e. The monoisotopic (exact) mass is 209 g/mol. The van der Waals surface area contributed by atoms with Crippen LogP contribution in [0.1, 0.15) is 12.5 Å². The molecule has 82 valence electrons. The van der Waals surface area contributed by atoms with Gasteiger partial charge in [-0.1, -0.05) is 0 Å². The fourth-order valence-corrected chi connectivity index (χ4v) is 1.89. The second-order valence-electron chi connectivity index (χ2n) is 4.04. The van der Waals surface area contributed by atoms with Crippen molar-refractivity contribution < 1.29 is 4.39 Å². The molecule has 1 N–H and O–H groups in total. The maximum absolute atomic E-state index is 12.9. The van der Waals surface area contributed by atoms with E-state index in [4.69, 9.17) is 0 Å². The van der Waals surface area contributed by atoms with Crippen LogP contribution in [0.25, 0.3) is 0 Å². The molecule has 4 heteroatoms. The maximum Gasteiger partial charge on any atom is 0.141 e. The lowest BCUT2D eigenvalue weighted by atomic mass is 10.2. The van der Waals surface area contributed by atoms with E-state index in [0.717, 1.165) is 31.7 Å². The van der Waals surface area contributed by atoms with Crippen molar-refractivity contribution in [3.63, 3.8) is 0 Å². The normalized spacial score (nSPS) is 22.9. The number of halogens is 1. The number of aromatic nitrogens is 1. The zero-order chi connectivity index (χ0) is 10.7. The lowest BCUT2D eigenvalue weighted by molar-refractivity contribution is 0.165. The lowest BCUT2D eigenvalue weighted by Gasteiger charge is -2.33. The molecule has 15 heavy (non-hydrogen) atoms. The minimum atomic E-state index is -0.254. The fraction of sp³-hybridized carbons (Fsp3) is 0.545. The quantitative estimate of drug-likeness (QED) is 0.788. The SMILES string of the molecule is CC1CNCCN1Cc1cncc(F)c1. The molecule has 1 aromatic heterocycles. The van der Waals surface area contributed by atoms with Crippen LogP contribution in [-0.4, -0.2) is 35.6 Å². The van der Waals surface area contributed by atoms with E-state index < -0.39 is 0 Å². The highest BCUT2D eigenvalue weighted by Crippen LogP contribution is 2.09. The predicted octanol–water partition coefficient (Wildman–Crippen LogP) is 1.01. The van der Waals surface area contributed by atoms with Crippen molar-refractivity contribution >= 4 is 0 Å². The minimum Gasteiger partial charge on any atom is -0.314 e. The Kier molecular flexibility index (Phi) is 3.28. The molecule has 0 bridgehead atoms. The summed E-state index contributed by atoms with van der Waals surface area (Å²) in [6.45, 7) is 5.99. The zero-order valence-corrected chi connectivity index (χ0v) is 8.91. The number of hydrogen-bond acceptors (Lipinski definition) is 3. The second-order valence-corrected chi connectivity index (χ2v) is 4.04. The Morgan fingerprint density at radius 3 is 3.20 bits per heavy atom. The fourth-order valence-electron chi connectivity index (χ4n) is 1.89. The summed E-state index contributed by atoms with van der Waals surface area (Å²) in [4.78, 5) is 6.20. The summed E-state index contributed by atoms with van der Waals surface area (Å²) in [5, 5.41) is 3.33. The van der Waals surface area contributed by atoms with Crippen LogP contribution in [0.15, 0.2) is 18.5 Å². The summed E-state index contributed by atoms with van der Waals surface area (Å²) >= 11 is 0. The molecular weight excluding hydrogens is 193 g/mol. The van der Waals surface area contributed by atoms with Crippen LogP contribution in [0.4, 0.5) is 4.39 Å². The van der Waals surface area contributed by atoms with Gasteiger partial charge in [0, 0.05) is 38.4 Å². The third-order valence-corrected chi connectivity index (χ3v) is 2.79. The average Bonchev–Trinajstić information content (AvgIpc) is 2.22. The van der Waals surface area contributed by atoms with Gasteiger partial charge in [0.25, 0.3) is 0 Å². The first-order chi connectivity index (χ1) is 7.25. The number of hydrogen-bond donors (Lipinski definition) is 1. The summed E-state index contributed by atoms with van der Waals surface area (Å²) in [7, 11) is 0. The van der Waals surface area contributed by atoms with E-state index >= 15 is 0 Å². The molecule has 0 radical (unpaired) electrons. The first-order valence-electron chi connectivity index (χ1n) is 5.30. The van der Waals surface area contributed by atoms with E-state index in [2.05, 4.69) is 22.1 Å². The Labute approximate surface area is 89.3 Å². The van der Waals surface area contributed by atoms with Crippen LogP contribution in [0, 0.1) is 5.82 Å². The largest absolute Gasteiger partial charge is 0.314 e. The molecule has 1 saturated heterocycles. The first-order valence-corrected chi connectivity index (χ1v) is 5.30. The van der Waals surface area contributed by atoms with Crippen LogP contribution < -0.4 is 5.32 Å². The van der Waals surface area contributed by atoms with Gasteiger partial charge in [-0.25, -0.2) is 4.39 Å². The molecule has 0 aromatic carbocycles. The maximum atomic E-state index is 12.9. The third kappa shape index (κ3) is 2.73. The van der Waals surface area contributed by atoms with Crippen molar-refractivity contribution in [3.05, 3.63) is 29.8 Å². The number of piperazine rings is 1. The van der Waals surface area contributed by atoms with Gasteiger partial charge in [-0.3, -0.25) is 9.88 Å². The molecule has 1 fully saturated rings. The predicted molar refractivity (Wildman–Crippen MR) is 56.9 cm³/mol. The van der Waals surface area contributed by atoms with Crippen molar-refractivity contribution in [2.45, 2.75) is 19.5 Å². The molecular formula is C11H16FN3. The highest BCUT2D eigenvalue weighted by molar-refractivity contribution is 5.10. The van der Waals surface area contributed by atoms with Crippen LogP contribution >= 0.6 is 0 Å². The Bertz CT molecular complexity index is 329. The molecule has 0 amide bonds. The number of nitrogens with one attached hydrogen (secondary N) is 1. The molecule has 1 atom stereocenters. The minimum absolute atomic E-state index is 0.254. The van der Waals surface area contributed by atoms with E-state index in [1.165, 1.54) is 6.20 Å². The molecule has 0 aliphatic carbocycles. The molecule has 3 nitrogen and oxygen atoms in total. The Hall–Kier alpha value is -1.00. The first kappa shape index (κ1) is 10.5. The second kappa shape index (κ2) is 4.68. The van der Waals surface area contributed by atoms with Gasteiger partial charge in [0.1, 0.15) is 5.82 Å². The molecule has 2 rings (SSSR count). The summed E-state index contributed by atoms with van der Waals surface area (Å²) in [5.41, 5.74) is 0.948. The molecule has 1 unspecified atom stereocenters. The van der Waals surface area contributed by atoms with Gasteiger partial charge in [-0.15, -0.1) is 0 Å². The number of pyridine rings is 1. The molecule has 0 spiro atoms.